The molecule has 0 aromatic carbocycles. The van der Waals surface area contributed by atoms with Crippen molar-refractivity contribution in [2.45, 2.75) is 6.92 Å². The van der Waals surface area contributed by atoms with Gasteiger partial charge < -0.3 is 0 Å². The molecule has 0 fully saturated rings. The van der Waals surface area contributed by atoms with Crippen LogP contribution in [0, 0.1) is 0 Å². The first-order valence-corrected chi connectivity index (χ1v) is 2.83. The summed E-state index contributed by atoms with van der Waals surface area (Å²) in [5.74, 6) is -0.253. The Hall–Kier alpha value is -0.510. The van der Waals surface area contributed by atoms with Gasteiger partial charge in [0.05, 0.1) is 5.57 Å². The second-order valence-electron chi connectivity index (χ2n) is 1.42. The van der Waals surface area contributed by atoms with Gasteiger partial charge in [0, 0.05) is 0 Å². The summed E-state index contributed by atoms with van der Waals surface area (Å²) in [5, 5.41) is 6.73. The molecule has 8 heavy (non-hydrogen) atoms. The molecule has 1 rings (SSSR count). The third-order valence-electron chi connectivity index (χ3n) is 0.859. The van der Waals surface area contributed by atoms with E-state index in [1.54, 1.807) is 6.92 Å². The molecule has 0 saturated carbocycles. The van der Waals surface area contributed by atoms with E-state index >= 15 is 0 Å². The standard InChI is InChI=1S/C4H3BrN2O/c1-2-3(5)6-7-4(2)8/h1H3. The summed E-state index contributed by atoms with van der Waals surface area (Å²) in [7, 11) is 0. The van der Waals surface area contributed by atoms with Gasteiger partial charge in [-0.2, -0.15) is 0 Å². The second-order valence-corrected chi connectivity index (χ2v) is 2.17. The Balaban J connectivity index is 3.02. The highest BCUT2D eigenvalue weighted by molar-refractivity contribution is 9.11. The predicted octanol–water partition coefficient (Wildman–Crippen LogP) is 1.61. The van der Waals surface area contributed by atoms with Crippen molar-refractivity contribution in [2.75, 3.05) is 0 Å². The molecule has 0 N–H and O–H groups in total. The molecule has 0 bridgehead atoms. The molecule has 0 unspecified atom stereocenters. The highest BCUT2D eigenvalue weighted by Gasteiger charge is 2.13. The van der Waals surface area contributed by atoms with Gasteiger partial charge in [-0.15, -0.1) is 10.2 Å². The molecule has 1 aliphatic rings. The Kier molecular flexibility index (Phi) is 1.25. The number of halogens is 1. The monoisotopic (exact) mass is 174 g/mol. The molecule has 0 spiro atoms. The zero-order chi connectivity index (χ0) is 6.15. The zero-order valence-electron chi connectivity index (χ0n) is 4.18. The molecular weight excluding hydrogens is 172 g/mol. The van der Waals surface area contributed by atoms with Gasteiger partial charge in [0.1, 0.15) is 4.61 Å². The van der Waals surface area contributed by atoms with Crippen molar-refractivity contribution in [2.24, 2.45) is 10.2 Å². The molecule has 1 amide bonds. The smallest absolute Gasteiger partial charge is 0.265 e. The maximum atomic E-state index is 10.4. The summed E-state index contributed by atoms with van der Waals surface area (Å²) in [5.41, 5.74) is 0.574. The van der Waals surface area contributed by atoms with E-state index in [-0.39, 0.29) is 5.91 Å². The average molecular weight is 175 g/mol. The van der Waals surface area contributed by atoms with Crippen molar-refractivity contribution >= 4 is 21.8 Å². The summed E-state index contributed by atoms with van der Waals surface area (Å²) in [4.78, 5) is 10.4. The largest absolute Gasteiger partial charge is 0.293 e. The number of rotatable bonds is 0. The molecule has 4 heteroatoms. The van der Waals surface area contributed by atoms with Crippen LogP contribution in [0.4, 0.5) is 0 Å². The number of amides is 1. The van der Waals surface area contributed by atoms with Gasteiger partial charge in [0.15, 0.2) is 0 Å². The van der Waals surface area contributed by atoms with Crippen LogP contribution in [-0.4, -0.2) is 5.91 Å². The lowest BCUT2D eigenvalue weighted by atomic mass is 10.3. The Morgan fingerprint density at radius 1 is 1.50 bits per heavy atom. The van der Waals surface area contributed by atoms with Gasteiger partial charge in [0.25, 0.3) is 5.91 Å². The van der Waals surface area contributed by atoms with E-state index < -0.39 is 0 Å². The van der Waals surface area contributed by atoms with Gasteiger partial charge >= 0.3 is 0 Å². The molecule has 0 aliphatic carbocycles. The SMILES string of the molecule is CC1=C(Br)N=NC1=O. The summed E-state index contributed by atoms with van der Waals surface area (Å²) in [6.45, 7) is 1.67. The summed E-state index contributed by atoms with van der Waals surface area (Å²) in [6, 6.07) is 0. The number of nitrogens with zero attached hydrogens (tertiary/aromatic N) is 2. The van der Waals surface area contributed by atoms with Gasteiger partial charge in [-0.1, -0.05) is 0 Å². The van der Waals surface area contributed by atoms with E-state index in [1.807, 2.05) is 0 Å². The predicted molar refractivity (Wildman–Crippen MR) is 31.5 cm³/mol. The minimum Gasteiger partial charge on any atom is -0.265 e. The van der Waals surface area contributed by atoms with E-state index in [2.05, 4.69) is 26.2 Å². The molecule has 42 valence electrons. The number of carbonyl (C=O) groups is 1. The van der Waals surface area contributed by atoms with Crippen LogP contribution < -0.4 is 0 Å². The van der Waals surface area contributed by atoms with Gasteiger partial charge in [-0.3, -0.25) is 4.79 Å². The van der Waals surface area contributed by atoms with E-state index in [0.29, 0.717) is 10.2 Å². The fraction of sp³-hybridized carbons (Fsp3) is 0.250. The van der Waals surface area contributed by atoms with Gasteiger partial charge in [0.2, 0.25) is 0 Å². The minimum atomic E-state index is -0.253. The third-order valence-corrected chi connectivity index (χ3v) is 1.61. The van der Waals surface area contributed by atoms with Crippen LogP contribution in [0.3, 0.4) is 0 Å². The van der Waals surface area contributed by atoms with Crippen molar-refractivity contribution in [3.63, 3.8) is 0 Å². The Labute approximate surface area is 54.6 Å². The van der Waals surface area contributed by atoms with E-state index in [9.17, 15) is 4.79 Å². The molecule has 0 atom stereocenters. The van der Waals surface area contributed by atoms with Crippen LogP contribution in [0.15, 0.2) is 20.4 Å². The normalized spacial score (nSPS) is 18.5. The Morgan fingerprint density at radius 2 is 2.12 bits per heavy atom. The topological polar surface area (TPSA) is 41.8 Å². The molecule has 0 saturated heterocycles. The highest BCUT2D eigenvalue weighted by Crippen LogP contribution is 2.20. The Bertz CT molecular complexity index is 190. The quantitative estimate of drug-likeness (QED) is 0.515. The molecule has 1 heterocycles. The van der Waals surface area contributed by atoms with Crippen molar-refractivity contribution in [1.29, 1.82) is 0 Å². The van der Waals surface area contributed by atoms with Crippen LogP contribution in [0.5, 0.6) is 0 Å². The van der Waals surface area contributed by atoms with Gasteiger partial charge in [-0.25, -0.2) is 0 Å². The Morgan fingerprint density at radius 3 is 2.25 bits per heavy atom. The molecule has 3 nitrogen and oxygen atoms in total. The number of hydrogen-bond donors (Lipinski definition) is 0. The molecule has 1 aliphatic heterocycles. The average Bonchev–Trinajstić information content (AvgIpc) is 1.98. The van der Waals surface area contributed by atoms with E-state index in [1.165, 1.54) is 0 Å². The first-order chi connectivity index (χ1) is 3.72. The fourth-order valence-corrected chi connectivity index (χ4v) is 0.576. The van der Waals surface area contributed by atoms with E-state index in [4.69, 9.17) is 0 Å². The van der Waals surface area contributed by atoms with E-state index in [0.717, 1.165) is 0 Å². The lowest BCUT2D eigenvalue weighted by molar-refractivity contribution is -0.114. The molecule has 0 aromatic rings. The van der Waals surface area contributed by atoms with Crippen LogP contribution in [0.2, 0.25) is 0 Å². The molecule has 0 aromatic heterocycles. The van der Waals surface area contributed by atoms with Crippen LogP contribution in [0.25, 0.3) is 0 Å². The highest BCUT2D eigenvalue weighted by atomic mass is 79.9. The molecule has 0 radical (unpaired) electrons. The van der Waals surface area contributed by atoms with Gasteiger partial charge in [-0.05, 0) is 22.9 Å². The summed E-state index contributed by atoms with van der Waals surface area (Å²) < 4.78 is 0.544. The third kappa shape index (κ3) is 0.709. The minimum absolute atomic E-state index is 0.253. The lowest BCUT2D eigenvalue weighted by Gasteiger charge is -1.79. The first-order valence-electron chi connectivity index (χ1n) is 2.04. The fourth-order valence-electron chi connectivity index (χ4n) is 0.328. The maximum Gasteiger partial charge on any atom is 0.293 e. The molecular formula is C4H3BrN2O. The van der Waals surface area contributed by atoms with Crippen molar-refractivity contribution in [1.82, 2.24) is 0 Å². The van der Waals surface area contributed by atoms with Crippen LogP contribution in [0.1, 0.15) is 6.92 Å². The van der Waals surface area contributed by atoms with Crippen LogP contribution >= 0.6 is 15.9 Å². The number of hydrogen-bond acceptors (Lipinski definition) is 2. The first kappa shape index (κ1) is 5.62. The van der Waals surface area contributed by atoms with Crippen molar-refractivity contribution in [3.05, 3.63) is 10.2 Å². The van der Waals surface area contributed by atoms with Crippen LogP contribution in [-0.2, 0) is 4.79 Å². The second kappa shape index (κ2) is 1.78. The lowest BCUT2D eigenvalue weighted by Crippen LogP contribution is -1.87. The number of carbonyl (C=O) groups excluding carboxylic acids is 1. The van der Waals surface area contributed by atoms with Crippen molar-refractivity contribution < 1.29 is 4.79 Å². The van der Waals surface area contributed by atoms with Crippen molar-refractivity contribution in [3.8, 4) is 0 Å². The summed E-state index contributed by atoms with van der Waals surface area (Å²) >= 11 is 3.04. The number of azo groups is 1. The zero-order valence-corrected chi connectivity index (χ0v) is 5.77. The maximum absolute atomic E-state index is 10.4. The summed E-state index contributed by atoms with van der Waals surface area (Å²) in [6.07, 6.45) is 0.